The van der Waals surface area contributed by atoms with Crippen molar-refractivity contribution >= 4 is 11.9 Å². The van der Waals surface area contributed by atoms with Crippen LogP contribution in [0.5, 0.6) is 0 Å². The molecule has 1 saturated heterocycles. The molecule has 0 aromatic heterocycles. The van der Waals surface area contributed by atoms with Crippen molar-refractivity contribution in [1.82, 2.24) is 5.32 Å². The number of hydrogen-bond acceptors (Lipinski definition) is 3. The number of hydrogen-bond donors (Lipinski definition) is 2. The van der Waals surface area contributed by atoms with Gasteiger partial charge in [0.1, 0.15) is 6.10 Å². The minimum atomic E-state index is -0.986. The van der Waals surface area contributed by atoms with Crippen LogP contribution in [-0.2, 0) is 14.3 Å². The van der Waals surface area contributed by atoms with Gasteiger partial charge in [0, 0.05) is 6.54 Å². The van der Waals surface area contributed by atoms with Crippen molar-refractivity contribution in [2.45, 2.75) is 52.7 Å². The van der Waals surface area contributed by atoms with E-state index < -0.39 is 18.2 Å². The highest BCUT2D eigenvalue weighted by atomic mass is 16.5. The molecule has 2 N–H and O–H groups in total. The molecule has 2 rings (SSSR count). The Hall–Kier alpha value is -1.10. The highest BCUT2D eigenvalue weighted by molar-refractivity contribution is 5.82. The minimum absolute atomic E-state index is 0.178. The molecule has 0 radical (unpaired) electrons. The molecule has 1 aliphatic carbocycles. The number of ether oxygens (including phenoxy) is 1. The molecule has 0 aromatic carbocycles. The van der Waals surface area contributed by atoms with Gasteiger partial charge >= 0.3 is 5.97 Å². The first kappa shape index (κ1) is 14.3. The molecule has 1 amide bonds. The zero-order valence-corrected chi connectivity index (χ0v) is 12.0. The Morgan fingerprint density at radius 3 is 2.11 bits per heavy atom. The van der Waals surface area contributed by atoms with E-state index in [9.17, 15) is 9.59 Å². The van der Waals surface area contributed by atoms with E-state index >= 15 is 0 Å². The Morgan fingerprint density at radius 1 is 1.16 bits per heavy atom. The number of amides is 1. The van der Waals surface area contributed by atoms with E-state index in [2.05, 4.69) is 33.0 Å². The molecule has 1 saturated carbocycles. The van der Waals surface area contributed by atoms with Crippen LogP contribution >= 0.6 is 0 Å². The molecule has 1 heterocycles. The molecule has 0 unspecified atom stereocenters. The molecule has 2 aliphatic rings. The van der Waals surface area contributed by atoms with Gasteiger partial charge in [-0.05, 0) is 29.6 Å². The van der Waals surface area contributed by atoms with E-state index in [4.69, 9.17) is 9.84 Å². The number of carboxylic acids is 1. The second-order valence-electron chi connectivity index (χ2n) is 6.77. The van der Waals surface area contributed by atoms with Crippen molar-refractivity contribution in [3.05, 3.63) is 0 Å². The van der Waals surface area contributed by atoms with Crippen LogP contribution in [0.4, 0.5) is 0 Å². The van der Waals surface area contributed by atoms with Gasteiger partial charge in [0.25, 0.3) is 0 Å². The lowest BCUT2D eigenvalue weighted by Gasteiger charge is -2.12. The molecule has 0 bridgehead atoms. The second-order valence-corrected chi connectivity index (χ2v) is 6.77. The number of aliphatic carboxylic acids is 1. The Labute approximate surface area is 113 Å². The minimum Gasteiger partial charge on any atom is -0.479 e. The van der Waals surface area contributed by atoms with Gasteiger partial charge in [0.05, 0.1) is 0 Å². The fraction of sp³-hybridized carbons (Fsp3) is 0.857. The quantitative estimate of drug-likeness (QED) is 0.809. The normalized spacial score (nSPS) is 32.0. The molecule has 5 nitrogen and oxygen atoms in total. The first-order chi connectivity index (χ1) is 8.68. The van der Waals surface area contributed by atoms with Crippen molar-refractivity contribution in [2.75, 3.05) is 6.54 Å². The topological polar surface area (TPSA) is 75.6 Å². The largest absolute Gasteiger partial charge is 0.479 e. The average Bonchev–Trinajstić information content (AvgIpc) is 2.72. The van der Waals surface area contributed by atoms with Crippen molar-refractivity contribution in [1.29, 1.82) is 0 Å². The zero-order valence-electron chi connectivity index (χ0n) is 12.0. The maximum Gasteiger partial charge on any atom is 0.332 e. The molecular formula is C14H23NO4. The third-order valence-corrected chi connectivity index (χ3v) is 5.39. The van der Waals surface area contributed by atoms with Crippen LogP contribution in [0, 0.1) is 16.7 Å². The van der Waals surface area contributed by atoms with Gasteiger partial charge in [-0.3, -0.25) is 4.79 Å². The summed E-state index contributed by atoms with van der Waals surface area (Å²) in [6, 6.07) is 0. The lowest BCUT2D eigenvalue weighted by molar-refractivity contribution is -0.151. The SMILES string of the molecule is CC1(C)C(CNC(=O)[C@@H]2CC[C@H](C(=O)O)O2)C1(C)C. The summed E-state index contributed by atoms with van der Waals surface area (Å²) in [6.45, 7) is 9.45. The molecule has 0 spiro atoms. The standard InChI is InChI=1S/C14H23NO4/c1-13(2)10(14(13,3)4)7-15-11(16)8-5-6-9(19-8)12(17)18/h8-10H,5-7H2,1-4H3,(H,15,16)(H,17,18)/t8-,9+/m0/s1. The summed E-state index contributed by atoms with van der Waals surface area (Å²) < 4.78 is 5.23. The summed E-state index contributed by atoms with van der Waals surface area (Å²) in [7, 11) is 0. The predicted octanol–water partition coefficient (Wildman–Crippen LogP) is 1.42. The first-order valence-electron chi connectivity index (χ1n) is 6.84. The van der Waals surface area contributed by atoms with Crippen molar-refractivity contribution < 1.29 is 19.4 Å². The molecule has 108 valence electrons. The maximum absolute atomic E-state index is 11.9. The number of rotatable bonds is 4. The number of carboxylic acid groups (broad SMARTS) is 1. The van der Waals surface area contributed by atoms with E-state index in [-0.39, 0.29) is 16.7 Å². The maximum atomic E-state index is 11.9. The Kier molecular flexibility index (Phi) is 3.37. The molecule has 2 atom stereocenters. The second kappa shape index (κ2) is 4.47. The first-order valence-corrected chi connectivity index (χ1v) is 6.84. The lowest BCUT2D eigenvalue weighted by atomic mass is 10.0. The van der Waals surface area contributed by atoms with Crippen LogP contribution in [0.15, 0.2) is 0 Å². The van der Waals surface area contributed by atoms with Crippen LogP contribution in [0.3, 0.4) is 0 Å². The number of carbonyl (C=O) groups excluding carboxylic acids is 1. The summed E-state index contributed by atoms with van der Waals surface area (Å²) in [5.41, 5.74) is 0.473. The smallest absolute Gasteiger partial charge is 0.332 e. The summed E-state index contributed by atoms with van der Waals surface area (Å²) in [5, 5.41) is 11.7. The predicted molar refractivity (Wildman–Crippen MR) is 69.6 cm³/mol. The van der Waals surface area contributed by atoms with Crippen LogP contribution in [0.1, 0.15) is 40.5 Å². The number of carbonyl (C=O) groups is 2. The van der Waals surface area contributed by atoms with E-state index in [0.717, 1.165) is 0 Å². The monoisotopic (exact) mass is 269 g/mol. The summed E-state index contributed by atoms with van der Waals surface area (Å²) in [6.07, 6.45) is -0.538. The number of nitrogens with one attached hydrogen (secondary N) is 1. The Bertz CT molecular complexity index is 388. The Morgan fingerprint density at radius 2 is 1.68 bits per heavy atom. The van der Waals surface area contributed by atoms with E-state index in [0.29, 0.717) is 25.3 Å². The molecule has 5 heteroatoms. The highest BCUT2D eigenvalue weighted by Gasteiger charge is 2.64. The fourth-order valence-corrected chi connectivity index (χ4v) is 3.17. The van der Waals surface area contributed by atoms with Gasteiger partial charge in [0.2, 0.25) is 5.91 Å². The van der Waals surface area contributed by atoms with Gasteiger partial charge in [-0.1, -0.05) is 27.7 Å². The summed E-state index contributed by atoms with van der Waals surface area (Å²) in [4.78, 5) is 22.7. The van der Waals surface area contributed by atoms with Gasteiger partial charge in [-0.25, -0.2) is 4.79 Å². The molecule has 2 fully saturated rings. The Balaban J connectivity index is 1.79. The van der Waals surface area contributed by atoms with Crippen LogP contribution in [-0.4, -0.2) is 35.7 Å². The third-order valence-electron chi connectivity index (χ3n) is 5.39. The van der Waals surface area contributed by atoms with Crippen LogP contribution in [0.25, 0.3) is 0 Å². The van der Waals surface area contributed by atoms with Gasteiger partial charge in [-0.15, -0.1) is 0 Å². The van der Waals surface area contributed by atoms with Crippen molar-refractivity contribution in [2.24, 2.45) is 16.7 Å². The van der Waals surface area contributed by atoms with Gasteiger partial charge < -0.3 is 15.2 Å². The zero-order chi connectivity index (χ0) is 14.4. The van der Waals surface area contributed by atoms with E-state index in [1.807, 2.05) is 0 Å². The average molecular weight is 269 g/mol. The molecular weight excluding hydrogens is 246 g/mol. The summed E-state index contributed by atoms with van der Waals surface area (Å²) in [5.74, 6) is -0.706. The third kappa shape index (κ3) is 2.36. The van der Waals surface area contributed by atoms with E-state index in [1.54, 1.807) is 0 Å². The van der Waals surface area contributed by atoms with Crippen LogP contribution in [0.2, 0.25) is 0 Å². The molecule has 19 heavy (non-hydrogen) atoms. The molecule has 0 aromatic rings. The van der Waals surface area contributed by atoms with Crippen molar-refractivity contribution in [3.8, 4) is 0 Å². The van der Waals surface area contributed by atoms with Crippen LogP contribution < -0.4 is 5.32 Å². The molecule has 1 aliphatic heterocycles. The lowest BCUT2D eigenvalue weighted by Crippen LogP contribution is -2.37. The van der Waals surface area contributed by atoms with Gasteiger partial charge in [0.15, 0.2) is 6.10 Å². The summed E-state index contributed by atoms with van der Waals surface area (Å²) >= 11 is 0. The fourth-order valence-electron chi connectivity index (χ4n) is 3.17. The van der Waals surface area contributed by atoms with E-state index in [1.165, 1.54) is 0 Å². The van der Waals surface area contributed by atoms with Crippen molar-refractivity contribution in [3.63, 3.8) is 0 Å². The highest BCUT2D eigenvalue weighted by Crippen LogP contribution is 2.67. The van der Waals surface area contributed by atoms with Gasteiger partial charge in [-0.2, -0.15) is 0 Å².